The van der Waals surface area contributed by atoms with Gasteiger partial charge in [-0.3, -0.25) is 13.8 Å². The molecule has 0 saturated heterocycles. The lowest BCUT2D eigenvalue weighted by Gasteiger charge is -2.24. The molecule has 2 unspecified atom stereocenters. The molecular weight excluding hydrogens is 758 g/mol. The fourth-order valence-corrected chi connectivity index (χ4v) is 7.36. The standard InChI is InChI=1S/C50H94NO7P/c1-6-8-10-12-14-16-18-20-22-24-25-26-27-28-29-31-33-35-37-39-41-43-50(52)58-49(48-57-59(53,54)56-46-44-51(3,4)5)47-55-45-42-40-38-36-34-32-30-23-21-19-17-15-13-11-9-7-2/h9,11,15,17,21,23-25,49H,6-8,10,12-14,16,18-20,22,26-48H2,1-5H3/p+1/b11-9-,17-15-,23-21-,25-24-. The smallest absolute Gasteiger partial charge is 0.457 e. The minimum absolute atomic E-state index is 0.0844. The Bertz CT molecular complexity index is 1080. The number of allylic oxidation sites excluding steroid dienone is 8. The number of quaternary nitrogens is 1. The Hall–Kier alpha value is -1.54. The molecule has 0 spiro atoms. The predicted octanol–water partition coefficient (Wildman–Crippen LogP) is 14.7. The first-order valence-electron chi connectivity index (χ1n) is 24.4. The highest BCUT2D eigenvalue weighted by atomic mass is 31.2. The number of nitrogens with zero attached hydrogens (tertiary/aromatic N) is 1. The minimum Gasteiger partial charge on any atom is -0.457 e. The maximum atomic E-state index is 12.7. The van der Waals surface area contributed by atoms with E-state index in [2.05, 4.69) is 62.5 Å². The summed E-state index contributed by atoms with van der Waals surface area (Å²) in [4.78, 5) is 23.0. The SMILES string of the molecule is CC/C=C\C/C=C\C/C=C\CCCCCCCCOCC(COP(=O)(O)OCC[N+](C)(C)C)OC(=O)CCCCCCCCCCC/C=C\CCCCCCCCCC. The molecule has 0 fully saturated rings. The monoisotopic (exact) mass is 853 g/mol. The van der Waals surface area contributed by atoms with Crippen LogP contribution in [0.1, 0.15) is 206 Å². The maximum Gasteiger partial charge on any atom is 0.472 e. The number of ether oxygens (including phenoxy) is 2. The van der Waals surface area contributed by atoms with Crippen molar-refractivity contribution in [2.75, 3.05) is 54.1 Å². The molecule has 346 valence electrons. The number of phosphoric acid groups is 1. The van der Waals surface area contributed by atoms with E-state index in [-0.39, 0.29) is 25.8 Å². The van der Waals surface area contributed by atoms with Crippen LogP contribution in [0.3, 0.4) is 0 Å². The summed E-state index contributed by atoms with van der Waals surface area (Å²) in [6.07, 6.45) is 52.9. The molecule has 2 atom stereocenters. The number of likely N-dealkylation sites (N-methyl/N-ethyl adjacent to an activating group) is 1. The van der Waals surface area contributed by atoms with Crippen LogP contribution in [-0.2, 0) is 27.9 Å². The summed E-state index contributed by atoms with van der Waals surface area (Å²) in [6.45, 7) is 5.49. The van der Waals surface area contributed by atoms with Crippen LogP contribution in [0.15, 0.2) is 48.6 Å². The van der Waals surface area contributed by atoms with Crippen molar-refractivity contribution >= 4 is 13.8 Å². The summed E-state index contributed by atoms with van der Waals surface area (Å²) in [5, 5.41) is 0. The van der Waals surface area contributed by atoms with Gasteiger partial charge in [-0.15, -0.1) is 0 Å². The zero-order valence-electron chi connectivity index (χ0n) is 39.2. The predicted molar refractivity (Wildman–Crippen MR) is 252 cm³/mol. The zero-order valence-corrected chi connectivity index (χ0v) is 40.1. The summed E-state index contributed by atoms with van der Waals surface area (Å²) in [6, 6.07) is 0. The van der Waals surface area contributed by atoms with E-state index >= 15 is 0 Å². The molecule has 0 aliphatic heterocycles. The van der Waals surface area contributed by atoms with Gasteiger partial charge in [0, 0.05) is 13.0 Å². The molecular formula is C50H95NO7P+. The number of hydrogen-bond donors (Lipinski definition) is 1. The van der Waals surface area contributed by atoms with Gasteiger partial charge in [0.05, 0.1) is 34.4 Å². The fraction of sp³-hybridized carbons (Fsp3) is 0.820. The maximum absolute atomic E-state index is 12.7. The second-order valence-corrected chi connectivity index (χ2v) is 18.9. The fourth-order valence-electron chi connectivity index (χ4n) is 6.62. The van der Waals surface area contributed by atoms with Crippen molar-refractivity contribution in [2.45, 2.75) is 213 Å². The van der Waals surface area contributed by atoms with Gasteiger partial charge in [0.2, 0.25) is 0 Å². The number of hydrogen-bond acceptors (Lipinski definition) is 6. The van der Waals surface area contributed by atoms with Crippen LogP contribution in [0.25, 0.3) is 0 Å². The Morgan fingerprint density at radius 2 is 0.983 bits per heavy atom. The molecule has 0 bridgehead atoms. The van der Waals surface area contributed by atoms with Crippen molar-refractivity contribution < 1.29 is 37.3 Å². The molecule has 0 rings (SSSR count). The van der Waals surface area contributed by atoms with Gasteiger partial charge in [-0.1, -0.05) is 178 Å². The van der Waals surface area contributed by atoms with Crippen LogP contribution in [0.5, 0.6) is 0 Å². The van der Waals surface area contributed by atoms with Crippen molar-refractivity contribution in [1.82, 2.24) is 0 Å². The van der Waals surface area contributed by atoms with E-state index in [1.807, 2.05) is 21.1 Å². The third-order valence-electron chi connectivity index (χ3n) is 10.4. The minimum atomic E-state index is -4.28. The largest absolute Gasteiger partial charge is 0.472 e. The highest BCUT2D eigenvalue weighted by Gasteiger charge is 2.26. The van der Waals surface area contributed by atoms with Gasteiger partial charge in [0.1, 0.15) is 19.3 Å². The Morgan fingerprint density at radius 1 is 0.542 bits per heavy atom. The molecule has 0 aromatic carbocycles. The van der Waals surface area contributed by atoms with Gasteiger partial charge in [-0.2, -0.15) is 0 Å². The number of unbranched alkanes of at least 4 members (excludes halogenated alkanes) is 23. The van der Waals surface area contributed by atoms with E-state index in [1.54, 1.807) is 0 Å². The topological polar surface area (TPSA) is 91.3 Å². The molecule has 1 N–H and O–H groups in total. The van der Waals surface area contributed by atoms with Gasteiger partial charge in [0.25, 0.3) is 0 Å². The molecule has 0 amide bonds. The first kappa shape index (κ1) is 57.5. The van der Waals surface area contributed by atoms with Gasteiger partial charge >= 0.3 is 13.8 Å². The highest BCUT2D eigenvalue weighted by Crippen LogP contribution is 2.43. The molecule has 0 saturated carbocycles. The summed E-state index contributed by atoms with van der Waals surface area (Å²) in [5.41, 5.74) is 0. The lowest BCUT2D eigenvalue weighted by atomic mass is 10.1. The highest BCUT2D eigenvalue weighted by molar-refractivity contribution is 7.47. The molecule has 0 aromatic rings. The second-order valence-electron chi connectivity index (χ2n) is 17.5. The molecule has 0 aliphatic rings. The molecule has 0 radical (unpaired) electrons. The van der Waals surface area contributed by atoms with E-state index in [9.17, 15) is 14.3 Å². The van der Waals surface area contributed by atoms with Crippen molar-refractivity contribution in [1.29, 1.82) is 0 Å². The first-order valence-corrected chi connectivity index (χ1v) is 25.9. The van der Waals surface area contributed by atoms with Crippen LogP contribution in [0.4, 0.5) is 0 Å². The third-order valence-corrected chi connectivity index (χ3v) is 11.4. The molecule has 59 heavy (non-hydrogen) atoms. The number of carbonyl (C=O) groups is 1. The van der Waals surface area contributed by atoms with E-state index in [0.29, 0.717) is 24.1 Å². The lowest BCUT2D eigenvalue weighted by molar-refractivity contribution is -0.870. The summed E-state index contributed by atoms with van der Waals surface area (Å²) in [5.74, 6) is -0.320. The Balaban J connectivity index is 4.17. The van der Waals surface area contributed by atoms with Crippen molar-refractivity contribution in [3.05, 3.63) is 48.6 Å². The zero-order chi connectivity index (χ0) is 43.4. The normalized spacial score (nSPS) is 14.1. The number of phosphoric ester groups is 1. The van der Waals surface area contributed by atoms with E-state index < -0.39 is 13.9 Å². The van der Waals surface area contributed by atoms with Crippen LogP contribution in [0.2, 0.25) is 0 Å². The molecule has 8 nitrogen and oxygen atoms in total. The summed E-state index contributed by atoms with van der Waals surface area (Å²) >= 11 is 0. The van der Waals surface area contributed by atoms with Crippen LogP contribution < -0.4 is 0 Å². The summed E-state index contributed by atoms with van der Waals surface area (Å²) in [7, 11) is 1.66. The average molecular weight is 853 g/mol. The Labute approximate surface area is 365 Å². The van der Waals surface area contributed by atoms with Gasteiger partial charge in [-0.25, -0.2) is 4.57 Å². The van der Waals surface area contributed by atoms with E-state index in [1.165, 1.54) is 122 Å². The molecule has 0 aromatic heterocycles. The van der Waals surface area contributed by atoms with Crippen molar-refractivity contribution in [3.63, 3.8) is 0 Å². The average Bonchev–Trinajstić information content (AvgIpc) is 3.19. The lowest BCUT2D eigenvalue weighted by Crippen LogP contribution is -2.37. The second kappa shape index (κ2) is 43.1. The van der Waals surface area contributed by atoms with E-state index in [4.69, 9.17) is 18.5 Å². The number of rotatable bonds is 45. The van der Waals surface area contributed by atoms with Gasteiger partial charge in [0.15, 0.2) is 0 Å². The Morgan fingerprint density at radius 3 is 1.49 bits per heavy atom. The van der Waals surface area contributed by atoms with Gasteiger partial charge < -0.3 is 18.9 Å². The van der Waals surface area contributed by atoms with Crippen LogP contribution in [-0.4, -0.2) is 75.6 Å². The molecule has 0 aliphatic carbocycles. The quantitative estimate of drug-likeness (QED) is 0.0214. The van der Waals surface area contributed by atoms with Gasteiger partial charge in [-0.05, 0) is 70.6 Å². The molecule has 0 heterocycles. The number of esters is 1. The first-order chi connectivity index (χ1) is 28.6. The Kier molecular flexibility index (Phi) is 42.0. The van der Waals surface area contributed by atoms with E-state index in [0.717, 1.165) is 64.2 Å². The number of carbonyl (C=O) groups excluding carboxylic acids is 1. The summed E-state index contributed by atoms with van der Waals surface area (Å²) < 4.78 is 35.1. The van der Waals surface area contributed by atoms with Crippen LogP contribution >= 0.6 is 7.82 Å². The molecule has 9 heteroatoms. The van der Waals surface area contributed by atoms with Crippen molar-refractivity contribution in [3.8, 4) is 0 Å². The van der Waals surface area contributed by atoms with Crippen LogP contribution in [0, 0.1) is 0 Å². The third kappa shape index (κ3) is 47.4. The van der Waals surface area contributed by atoms with Crippen molar-refractivity contribution in [2.24, 2.45) is 0 Å².